The number of likely N-dealkylation sites (tertiary alicyclic amines) is 1. The molecule has 244 valence electrons. The van der Waals surface area contributed by atoms with Gasteiger partial charge in [-0.2, -0.15) is 5.26 Å². The molecule has 11 nitrogen and oxygen atoms in total. The molecule has 1 aliphatic rings. The lowest BCUT2D eigenvalue weighted by Gasteiger charge is -2.32. The zero-order valence-electron chi connectivity index (χ0n) is 27.2. The van der Waals surface area contributed by atoms with Crippen molar-refractivity contribution >= 4 is 18.1 Å². The quantitative estimate of drug-likeness (QED) is 0.274. The van der Waals surface area contributed by atoms with E-state index in [2.05, 4.69) is 16.7 Å². The molecular weight excluding hydrogens is 576 g/mol. The van der Waals surface area contributed by atoms with Crippen LogP contribution in [-0.2, 0) is 9.47 Å². The van der Waals surface area contributed by atoms with Gasteiger partial charge in [0.05, 0.1) is 18.2 Å². The van der Waals surface area contributed by atoms with Crippen molar-refractivity contribution in [3.8, 4) is 23.3 Å². The largest absolute Gasteiger partial charge is 0.493 e. The van der Waals surface area contributed by atoms with Crippen molar-refractivity contribution in [1.82, 2.24) is 15.5 Å². The van der Waals surface area contributed by atoms with Gasteiger partial charge in [0, 0.05) is 37.8 Å². The first-order chi connectivity index (χ1) is 21.2. The molecule has 0 bridgehead atoms. The van der Waals surface area contributed by atoms with E-state index in [-0.39, 0.29) is 5.91 Å². The number of nitrogens with zero attached hydrogens (tertiary/aromatic N) is 2. The summed E-state index contributed by atoms with van der Waals surface area (Å²) in [5.74, 6) is 1.68. The van der Waals surface area contributed by atoms with Crippen LogP contribution in [0.2, 0.25) is 0 Å². The molecule has 11 heteroatoms. The average Bonchev–Trinajstić information content (AvgIpc) is 2.95. The van der Waals surface area contributed by atoms with Crippen molar-refractivity contribution in [3.05, 3.63) is 53.6 Å². The summed E-state index contributed by atoms with van der Waals surface area (Å²) in [7, 11) is 0. The van der Waals surface area contributed by atoms with Crippen LogP contribution >= 0.6 is 0 Å². The molecule has 0 radical (unpaired) electrons. The lowest BCUT2D eigenvalue weighted by molar-refractivity contribution is 0.0511. The molecule has 2 aromatic carbocycles. The molecule has 45 heavy (non-hydrogen) atoms. The lowest BCUT2D eigenvalue weighted by atomic mass is 9.93. The maximum atomic E-state index is 13.6. The molecule has 0 aliphatic carbocycles. The number of carbonyl (C=O) groups excluding carboxylic acids is 3. The number of piperidine rings is 1. The van der Waals surface area contributed by atoms with Crippen LogP contribution in [0.4, 0.5) is 9.59 Å². The Morgan fingerprint density at radius 1 is 0.844 bits per heavy atom. The Hall–Kier alpha value is -4.46. The maximum absolute atomic E-state index is 13.6. The summed E-state index contributed by atoms with van der Waals surface area (Å²) in [6, 6.07) is 13.9. The second kappa shape index (κ2) is 16.0. The summed E-state index contributed by atoms with van der Waals surface area (Å²) in [5, 5.41) is 14.6. The average molecular weight is 623 g/mol. The zero-order chi connectivity index (χ0) is 33.0. The van der Waals surface area contributed by atoms with Crippen molar-refractivity contribution < 1.29 is 33.3 Å². The molecule has 0 spiro atoms. The zero-order valence-corrected chi connectivity index (χ0v) is 27.2. The second-order valence-electron chi connectivity index (χ2n) is 13.0. The summed E-state index contributed by atoms with van der Waals surface area (Å²) in [6.07, 6.45) is 2.09. The van der Waals surface area contributed by atoms with E-state index in [4.69, 9.17) is 24.2 Å². The molecule has 3 amide bonds. The minimum absolute atomic E-state index is 0.123. The molecule has 2 N–H and O–H groups in total. The van der Waals surface area contributed by atoms with E-state index in [1.54, 1.807) is 63.2 Å². The van der Waals surface area contributed by atoms with Gasteiger partial charge in [-0.25, -0.2) is 9.59 Å². The van der Waals surface area contributed by atoms with Crippen LogP contribution in [0, 0.1) is 17.2 Å². The third kappa shape index (κ3) is 13.0. The van der Waals surface area contributed by atoms with E-state index >= 15 is 0 Å². The van der Waals surface area contributed by atoms with Crippen LogP contribution < -0.4 is 20.1 Å². The van der Waals surface area contributed by atoms with Gasteiger partial charge in [-0.05, 0) is 110 Å². The standard InChI is InChI=1S/C34H46N4O7/c1-33(2,3)44-31(40)36-15-7-19-42-28-20-26(21-29(22-28)43-27-10-8-25(23-35)9-11-27)30(39)38-17-13-24(14-18-38)12-16-37-32(41)45-34(4,5)6/h8-11,20-22,24H,7,12-19H2,1-6H3,(H,36,40)(H,37,41). The summed E-state index contributed by atoms with van der Waals surface area (Å²) >= 11 is 0. The molecule has 1 aliphatic heterocycles. The van der Waals surface area contributed by atoms with E-state index in [1.165, 1.54) is 0 Å². The van der Waals surface area contributed by atoms with Crippen molar-refractivity contribution in [2.75, 3.05) is 32.8 Å². The Bertz CT molecular complexity index is 1330. The van der Waals surface area contributed by atoms with Gasteiger partial charge in [-0.15, -0.1) is 0 Å². The molecule has 0 atom stereocenters. The number of carbonyl (C=O) groups is 3. The van der Waals surface area contributed by atoms with Gasteiger partial charge in [0.25, 0.3) is 5.91 Å². The summed E-state index contributed by atoms with van der Waals surface area (Å²) < 4.78 is 22.5. The number of hydrogen-bond donors (Lipinski definition) is 2. The summed E-state index contributed by atoms with van der Waals surface area (Å²) in [4.78, 5) is 39.2. The predicted molar refractivity (Wildman–Crippen MR) is 170 cm³/mol. The fourth-order valence-corrected chi connectivity index (χ4v) is 4.64. The number of amides is 3. The van der Waals surface area contributed by atoms with Crippen LogP contribution in [0.1, 0.15) is 83.1 Å². The van der Waals surface area contributed by atoms with Gasteiger partial charge in [0.1, 0.15) is 28.5 Å². The Balaban J connectivity index is 1.60. The monoisotopic (exact) mass is 622 g/mol. The molecule has 0 saturated carbocycles. The Morgan fingerprint density at radius 2 is 1.42 bits per heavy atom. The van der Waals surface area contributed by atoms with Gasteiger partial charge >= 0.3 is 12.2 Å². The smallest absolute Gasteiger partial charge is 0.407 e. The highest BCUT2D eigenvalue weighted by atomic mass is 16.6. The Kier molecular flexibility index (Phi) is 12.5. The normalized spacial score (nSPS) is 13.8. The third-order valence-electron chi connectivity index (χ3n) is 6.73. The molecule has 3 rings (SSSR count). The summed E-state index contributed by atoms with van der Waals surface area (Å²) in [6.45, 7) is 13.3. The van der Waals surface area contributed by atoms with Gasteiger partial charge < -0.3 is 34.5 Å². The van der Waals surface area contributed by atoms with Crippen LogP contribution in [0.25, 0.3) is 0 Å². The number of rotatable bonds is 11. The third-order valence-corrected chi connectivity index (χ3v) is 6.73. The van der Waals surface area contributed by atoms with Gasteiger partial charge in [-0.1, -0.05) is 0 Å². The first-order valence-corrected chi connectivity index (χ1v) is 15.4. The summed E-state index contributed by atoms with van der Waals surface area (Å²) in [5.41, 5.74) is -0.163. The number of alkyl carbamates (subject to hydrolysis) is 2. The van der Waals surface area contributed by atoms with Crippen LogP contribution in [0.3, 0.4) is 0 Å². The first kappa shape index (κ1) is 35.0. The fourth-order valence-electron chi connectivity index (χ4n) is 4.64. The van der Waals surface area contributed by atoms with Crippen LogP contribution in [0.5, 0.6) is 17.2 Å². The molecule has 1 heterocycles. The Labute approximate surface area is 266 Å². The molecular formula is C34H46N4O7. The molecule has 2 aromatic rings. The maximum Gasteiger partial charge on any atom is 0.407 e. The van der Waals surface area contributed by atoms with E-state index in [0.29, 0.717) is 73.5 Å². The van der Waals surface area contributed by atoms with E-state index < -0.39 is 23.4 Å². The second-order valence-corrected chi connectivity index (χ2v) is 13.0. The van der Waals surface area contributed by atoms with Crippen molar-refractivity contribution in [1.29, 1.82) is 5.26 Å². The molecule has 1 saturated heterocycles. The lowest BCUT2D eigenvalue weighted by Crippen LogP contribution is -2.39. The van der Waals surface area contributed by atoms with Crippen LogP contribution in [0.15, 0.2) is 42.5 Å². The fraction of sp³-hybridized carbons (Fsp3) is 0.529. The number of ether oxygens (including phenoxy) is 4. The van der Waals surface area contributed by atoms with E-state index in [9.17, 15) is 14.4 Å². The highest BCUT2D eigenvalue weighted by molar-refractivity contribution is 5.95. The number of benzene rings is 2. The van der Waals surface area contributed by atoms with E-state index in [1.807, 2.05) is 25.7 Å². The van der Waals surface area contributed by atoms with Crippen molar-refractivity contribution in [2.45, 2.75) is 78.4 Å². The van der Waals surface area contributed by atoms with E-state index in [0.717, 1.165) is 19.3 Å². The topological polar surface area (TPSA) is 139 Å². The van der Waals surface area contributed by atoms with Crippen molar-refractivity contribution in [2.24, 2.45) is 5.92 Å². The van der Waals surface area contributed by atoms with Crippen molar-refractivity contribution in [3.63, 3.8) is 0 Å². The highest BCUT2D eigenvalue weighted by Crippen LogP contribution is 2.30. The SMILES string of the molecule is CC(C)(C)OC(=O)NCCCOc1cc(Oc2ccc(C#N)cc2)cc(C(=O)N2CCC(CCNC(=O)OC(C)(C)C)CC2)c1. The minimum atomic E-state index is -0.576. The molecule has 0 aromatic heterocycles. The minimum Gasteiger partial charge on any atom is -0.493 e. The highest BCUT2D eigenvalue weighted by Gasteiger charge is 2.25. The number of hydrogen-bond acceptors (Lipinski definition) is 8. The van der Waals surface area contributed by atoms with Gasteiger partial charge in [0.2, 0.25) is 0 Å². The van der Waals surface area contributed by atoms with Gasteiger partial charge in [0.15, 0.2) is 0 Å². The van der Waals surface area contributed by atoms with Gasteiger partial charge in [-0.3, -0.25) is 4.79 Å². The predicted octanol–water partition coefficient (Wildman–Crippen LogP) is 6.41. The molecule has 0 unspecified atom stereocenters. The van der Waals surface area contributed by atoms with Crippen LogP contribution in [-0.4, -0.2) is 67.0 Å². The first-order valence-electron chi connectivity index (χ1n) is 15.4. The number of nitrogens with one attached hydrogen (secondary N) is 2. The Morgan fingerprint density at radius 3 is 2.00 bits per heavy atom. The number of nitriles is 1. The molecule has 1 fully saturated rings.